The number of aromatic nitrogens is 4. The first-order chi connectivity index (χ1) is 10.3. The van der Waals surface area contributed by atoms with E-state index in [0.29, 0.717) is 17.8 Å². The van der Waals surface area contributed by atoms with E-state index < -0.39 is 0 Å². The molecule has 6 nitrogen and oxygen atoms in total. The molecule has 3 aromatic heterocycles. The zero-order valence-electron chi connectivity index (χ0n) is 11.6. The number of nitrogens with zero attached hydrogens (tertiary/aromatic N) is 5. The van der Waals surface area contributed by atoms with Crippen molar-refractivity contribution in [1.82, 2.24) is 24.9 Å². The van der Waals surface area contributed by atoms with Gasteiger partial charge in [-0.25, -0.2) is 0 Å². The van der Waals surface area contributed by atoms with Crippen LogP contribution in [0, 0.1) is 0 Å². The van der Waals surface area contributed by atoms with Gasteiger partial charge in [-0.15, -0.1) is 21.5 Å². The van der Waals surface area contributed by atoms with E-state index in [4.69, 9.17) is 4.42 Å². The third kappa shape index (κ3) is 2.28. The van der Waals surface area contributed by atoms with E-state index in [0.717, 1.165) is 18.0 Å². The Kier molecular flexibility index (Phi) is 3.08. The van der Waals surface area contributed by atoms with Crippen LogP contribution in [0.4, 0.5) is 0 Å². The van der Waals surface area contributed by atoms with Gasteiger partial charge in [0.15, 0.2) is 0 Å². The lowest BCUT2D eigenvalue weighted by Crippen LogP contribution is -2.48. The van der Waals surface area contributed by atoms with E-state index >= 15 is 0 Å². The van der Waals surface area contributed by atoms with Gasteiger partial charge in [-0.3, -0.25) is 9.58 Å². The van der Waals surface area contributed by atoms with Crippen LogP contribution in [-0.4, -0.2) is 38.0 Å². The Morgan fingerprint density at radius 1 is 1.33 bits per heavy atom. The molecular weight excluding hydrogens is 286 g/mol. The van der Waals surface area contributed by atoms with Crippen LogP contribution in [0.15, 0.2) is 40.4 Å². The number of rotatable bonds is 4. The van der Waals surface area contributed by atoms with Gasteiger partial charge in [-0.1, -0.05) is 6.07 Å². The normalized spacial score (nSPS) is 17.8. The van der Waals surface area contributed by atoms with Crippen molar-refractivity contribution in [3.05, 3.63) is 41.9 Å². The van der Waals surface area contributed by atoms with Gasteiger partial charge < -0.3 is 4.42 Å². The van der Waals surface area contributed by atoms with Crippen LogP contribution in [-0.2, 0) is 0 Å². The molecule has 3 aromatic rings. The van der Waals surface area contributed by atoms with Crippen LogP contribution in [0.2, 0.25) is 0 Å². The maximum Gasteiger partial charge on any atom is 0.257 e. The predicted octanol–water partition coefficient (Wildman–Crippen LogP) is 2.61. The third-order valence-electron chi connectivity index (χ3n) is 3.87. The smallest absolute Gasteiger partial charge is 0.257 e. The van der Waals surface area contributed by atoms with Gasteiger partial charge in [0.05, 0.1) is 17.0 Å². The van der Waals surface area contributed by atoms with Gasteiger partial charge in [0.25, 0.3) is 5.89 Å². The van der Waals surface area contributed by atoms with Gasteiger partial charge in [0.1, 0.15) is 0 Å². The van der Waals surface area contributed by atoms with Crippen molar-refractivity contribution in [3.8, 4) is 10.8 Å². The fraction of sp³-hybridized carbons (Fsp3) is 0.357. The van der Waals surface area contributed by atoms with Crippen LogP contribution in [0.5, 0.6) is 0 Å². The molecule has 108 valence electrons. The summed E-state index contributed by atoms with van der Waals surface area (Å²) in [6, 6.07) is 6.51. The number of thiophene rings is 1. The summed E-state index contributed by atoms with van der Waals surface area (Å²) in [5.41, 5.74) is 0. The Balaban J connectivity index is 1.43. The number of likely N-dealkylation sites (tertiary alicyclic amines) is 1. The highest BCUT2D eigenvalue weighted by Gasteiger charge is 2.34. The van der Waals surface area contributed by atoms with Crippen LogP contribution in [0.3, 0.4) is 0 Å². The summed E-state index contributed by atoms with van der Waals surface area (Å²) in [5.74, 6) is 1.29. The van der Waals surface area contributed by atoms with Crippen LogP contribution < -0.4 is 0 Å². The van der Waals surface area contributed by atoms with Gasteiger partial charge in [0.2, 0.25) is 5.89 Å². The van der Waals surface area contributed by atoms with Crippen molar-refractivity contribution in [1.29, 1.82) is 0 Å². The molecule has 1 aliphatic rings. The minimum Gasteiger partial charge on any atom is -0.418 e. The zero-order valence-corrected chi connectivity index (χ0v) is 12.4. The average molecular weight is 301 g/mol. The highest BCUT2D eigenvalue weighted by Crippen LogP contribution is 2.31. The molecule has 0 spiro atoms. The first-order valence-electron chi connectivity index (χ1n) is 6.92. The predicted molar refractivity (Wildman–Crippen MR) is 78.9 cm³/mol. The first-order valence-corrected chi connectivity index (χ1v) is 7.79. The van der Waals surface area contributed by atoms with E-state index in [9.17, 15) is 0 Å². The molecule has 4 heterocycles. The Morgan fingerprint density at radius 3 is 2.95 bits per heavy atom. The molecule has 1 aliphatic heterocycles. The van der Waals surface area contributed by atoms with E-state index in [1.807, 2.05) is 40.7 Å². The van der Waals surface area contributed by atoms with Gasteiger partial charge in [-0.05, 0) is 24.4 Å². The van der Waals surface area contributed by atoms with E-state index in [1.165, 1.54) is 0 Å². The maximum atomic E-state index is 5.80. The molecule has 1 fully saturated rings. The summed E-state index contributed by atoms with van der Waals surface area (Å²) < 4.78 is 7.80. The average Bonchev–Trinajstić information content (AvgIpc) is 3.18. The molecule has 0 aliphatic carbocycles. The van der Waals surface area contributed by atoms with E-state index in [2.05, 4.69) is 27.1 Å². The zero-order chi connectivity index (χ0) is 14.2. The summed E-state index contributed by atoms with van der Waals surface area (Å²) in [7, 11) is 0. The van der Waals surface area contributed by atoms with Gasteiger partial charge in [0, 0.05) is 25.5 Å². The lowest BCUT2D eigenvalue weighted by atomic mass is 10.1. The second kappa shape index (κ2) is 5.09. The van der Waals surface area contributed by atoms with Crippen molar-refractivity contribution in [2.75, 3.05) is 13.1 Å². The molecule has 7 heteroatoms. The van der Waals surface area contributed by atoms with E-state index in [-0.39, 0.29) is 6.04 Å². The van der Waals surface area contributed by atoms with Gasteiger partial charge >= 0.3 is 0 Å². The molecular formula is C14H15N5OS. The fourth-order valence-electron chi connectivity index (χ4n) is 2.53. The monoisotopic (exact) mass is 301 g/mol. The topological polar surface area (TPSA) is 60.0 Å². The summed E-state index contributed by atoms with van der Waals surface area (Å²) in [6.45, 7) is 4.02. The second-order valence-corrected chi connectivity index (χ2v) is 6.14. The fourth-order valence-corrected chi connectivity index (χ4v) is 3.17. The van der Waals surface area contributed by atoms with Crippen molar-refractivity contribution < 1.29 is 4.42 Å². The molecule has 0 amide bonds. The minimum absolute atomic E-state index is 0.137. The van der Waals surface area contributed by atoms with E-state index in [1.54, 1.807) is 11.3 Å². The molecule has 1 atom stereocenters. The quantitative estimate of drug-likeness (QED) is 0.741. The molecule has 0 unspecified atom stereocenters. The first kappa shape index (κ1) is 12.7. The Labute approximate surface area is 126 Å². The lowest BCUT2D eigenvalue weighted by molar-refractivity contribution is 0.0484. The summed E-state index contributed by atoms with van der Waals surface area (Å²) in [5, 5.41) is 14.6. The van der Waals surface area contributed by atoms with Crippen molar-refractivity contribution >= 4 is 11.3 Å². The van der Waals surface area contributed by atoms with Gasteiger partial charge in [-0.2, -0.15) is 5.10 Å². The highest BCUT2D eigenvalue weighted by atomic mass is 32.1. The summed E-state index contributed by atoms with van der Waals surface area (Å²) in [6.07, 6.45) is 3.83. The Morgan fingerprint density at radius 2 is 2.24 bits per heavy atom. The summed E-state index contributed by atoms with van der Waals surface area (Å²) in [4.78, 5) is 3.33. The Hall–Kier alpha value is -1.99. The number of hydrogen-bond acceptors (Lipinski definition) is 6. The van der Waals surface area contributed by atoms with Crippen molar-refractivity contribution in [2.45, 2.75) is 19.0 Å². The molecule has 0 bridgehead atoms. The highest BCUT2D eigenvalue weighted by molar-refractivity contribution is 7.13. The molecule has 0 aromatic carbocycles. The van der Waals surface area contributed by atoms with Crippen LogP contribution >= 0.6 is 11.3 Å². The summed E-state index contributed by atoms with van der Waals surface area (Å²) >= 11 is 1.61. The largest absolute Gasteiger partial charge is 0.418 e. The molecule has 4 rings (SSSR count). The molecule has 0 radical (unpaired) electrons. The second-order valence-electron chi connectivity index (χ2n) is 5.19. The molecule has 21 heavy (non-hydrogen) atoms. The maximum absolute atomic E-state index is 5.80. The molecule has 0 N–H and O–H groups in total. The van der Waals surface area contributed by atoms with Crippen LogP contribution in [0.1, 0.15) is 24.9 Å². The SMILES string of the molecule is C[C@H](c1nnc(-c2cccs2)o1)N1CC(n2cccn2)C1. The molecule has 1 saturated heterocycles. The lowest BCUT2D eigenvalue weighted by Gasteiger charge is -2.41. The Bertz CT molecular complexity index is 700. The van der Waals surface area contributed by atoms with Crippen molar-refractivity contribution in [2.24, 2.45) is 0 Å². The van der Waals surface area contributed by atoms with Crippen LogP contribution in [0.25, 0.3) is 10.8 Å². The third-order valence-corrected chi connectivity index (χ3v) is 4.73. The standard InChI is InChI=1S/C14H15N5OS/c1-10(18-8-11(9-18)19-6-3-5-15-19)13-16-17-14(20-13)12-4-2-7-21-12/h2-7,10-11H,8-9H2,1H3/t10-/m1/s1. The van der Waals surface area contributed by atoms with Crippen molar-refractivity contribution in [3.63, 3.8) is 0 Å². The number of hydrogen-bond donors (Lipinski definition) is 0. The molecule has 0 saturated carbocycles. The minimum atomic E-state index is 0.137.